The van der Waals surface area contributed by atoms with Crippen molar-refractivity contribution < 1.29 is 4.79 Å². The Bertz CT molecular complexity index is 390. The van der Waals surface area contributed by atoms with Crippen LogP contribution < -0.4 is 5.32 Å². The van der Waals surface area contributed by atoms with Crippen LogP contribution in [0.25, 0.3) is 0 Å². The summed E-state index contributed by atoms with van der Waals surface area (Å²) in [5.41, 5.74) is 2.30. The second-order valence-electron chi connectivity index (χ2n) is 4.03. The Kier molecular flexibility index (Phi) is 5.81. The van der Waals surface area contributed by atoms with Crippen molar-refractivity contribution >= 4 is 5.91 Å². The Hall–Kier alpha value is -1.82. The molecule has 0 saturated carbocycles. The molecule has 0 aliphatic rings. The van der Waals surface area contributed by atoms with Gasteiger partial charge in [-0.2, -0.15) is 5.26 Å². The fourth-order valence-electron chi connectivity index (χ4n) is 1.59. The highest BCUT2D eigenvalue weighted by Crippen LogP contribution is 2.08. The third kappa shape index (κ3) is 5.17. The second-order valence-corrected chi connectivity index (χ2v) is 4.03. The fourth-order valence-corrected chi connectivity index (χ4v) is 1.59. The molecule has 0 atom stereocenters. The molecule has 0 unspecified atom stereocenters. The SMILES string of the molecule is CCCCc1ccc(CC(=O)NCC#N)cc1. The van der Waals surface area contributed by atoms with E-state index in [1.807, 2.05) is 18.2 Å². The predicted molar refractivity (Wildman–Crippen MR) is 67.4 cm³/mol. The van der Waals surface area contributed by atoms with Crippen LogP contribution >= 0.6 is 0 Å². The molecular formula is C14H18N2O. The number of hydrogen-bond acceptors (Lipinski definition) is 2. The normalized spacial score (nSPS) is 9.65. The van der Waals surface area contributed by atoms with Gasteiger partial charge in [0.15, 0.2) is 0 Å². The Labute approximate surface area is 102 Å². The summed E-state index contributed by atoms with van der Waals surface area (Å²) in [6.45, 7) is 2.25. The van der Waals surface area contributed by atoms with E-state index in [0.717, 1.165) is 12.0 Å². The van der Waals surface area contributed by atoms with Crippen LogP contribution in [0.4, 0.5) is 0 Å². The highest BCUT2D eigenvalue weighted by Gasteiger charge is 2.02. The first-order chi connectivity index (χ1) is 8.26. The number of unbranched alkanes of at least 4 members (excludes halogenated alkanes) is 1. The number of nitrogens with zero attached hydrogens (tertiary/aromatic N) is 1. The molecule has 3 nitrogen and oxygen atoms in total. The lowest BCUT2D eigenvalue weighted by Gasteiger charge is -2.03. The van der Waals surface area contributed by atoms with Gasteiger partial charge in [0.2, 0.25) is 5.91 Å². The van der Waals surface area contributed by atoms with E-state index in [-0.39, 0.29) is 12.5 Å². The van der Waals surface area contributed by atoms with Gasteiger partial charge in [-0.3, -0.25) is 4.79 Å². The number of amides is 1. The van der Waals surface area contributed by atoms with Crippen molar-refractivity contribution in [1.29, 1.82) is 5.26 Å². The molecule has 1 amide bonds. The van der Waals surface area contributed by atoms with Gasteiger partial charge in [-0.1, -0.05) is 37.6 Å². The van der Waals surface area contributed by atoms with Crippen LogP contribution in [0.15, 0.2) is 24.3 Å². The first kappa shape index (κ1) is 13.2. The monoisotopic (exact) mass is 230 g/mol. The Morgan fingerprint density at radius 1 is 1.29 bits per heavy atom. The van der Waals surface area contributed by atoms with Gasteiger partial charge in [0.25, 0.3) is 0 Å². The minimum Gasteiger partial charge on any atom is -0.343 e. The number of nitriles is 1. The number of rotatable bonds is 6. The zero-order chi connectivity index (χ0) is 12.5. The molecule has 3 heteroatoms. The number of benzene rings is 1. The number of carbonyl (C=O) groups excluding carboxylic acids is 1. The molecule has 0 spiro atoms. The van der Waals surface area contributed by atoms with E-state index in [9.17, 15) is 4.79 Å². The minimum atomic E-state index is -0.104. The molecule has 0 aliphatic carbocycles. The molecule has 1 rings (SSSR count). The summed E-state index contributed by atoms with van der Waals surface area (Å²) in [7, 11) is 0. The highest BCUT2D eigenvalue weighted by atomic mass is 16.1. The summed E-state index contributed by atoms with van der Waals surface area (Å²) < 4.78 is 0. The Morgan fingerprint density at radius 3 is 2.53 bits per heavy atom. The molecule has 1 aromatic carbocycles. The lowest BCUT2D eigenvalue weighted by molar-refractivity contribution is -0.120. The lowest BCUT2D eigenvalue weighted by Crippen LogP contribution is -2.25. The van der Waals surface area contributed by atoms with Crippen LogP contribution in [-0.2, 0) is 17.6 Å². The van der Waals surface area contributed by atoms with Crippen molar-refractivity contribution in [1.82, 2.24) is 5.32 Å². The fraction of sp³-hybridized carbons (Fsp3) is 0.429. The van der Waals surface area contributed by atoms with Gasteiger partial charge >= 0.3 is 0 Å². The minimum absolute atomic E-state index is 0.0768. The molecule has 0 fully saturated rings. The van der Waals surface area contributed by atoms with Crippen molar-refractivity contribution in [2.75, 3.05) is 6.54 Å². The zero-order valence-electron chi connectivity index (χ0n) is 10.2. The lowest BCUT2D eigenvalue weighted by atomic mass is 10.0. The first-order valence-electron chi connectivity index (χ1n) is 5.97. The van der Waals surface area contributed by atoms with E-state index in [4.69, 9.17) is 5.26 Å². The Balaban J connectivity index is 2.45. The zero-order valence-corrected chi connectivity index (χ0v) is 10.2. The molecular weight excluding hydrogens is 212 g/mol. The van der Waals surface area contributed by atoms with Crippen molar-refractivity contribution in [3.8, 4) is 6.07 Å². The van der Waals surface area contributed by atoms with Gasteiger partial charge in [0.05, 0.1) is 12.5 Å². The van der Waals surface area contributed by atoms with Crippen LogP contribution in [0.1, 0.15) is 30.9 Å². The van der Waals surface area contributed by atoms with Gasteiger partial charge < -0.3 is 5.32 Å². The molecule has 0 bridgehead atoms. The number of carbonyl (C=O) groups is 1. The van der Waals surface area contributed by atoms with Crippen LogP contribution in [0.2, 0.25) is 0 Å². The average molecular weight is 230 g/mol. The van der Waals surface area contributed by atoms with Crippen LogP contribution in [0.3, 0.4) is 0 Å². The maximum atomic E-state index is 11.4. The molecule has 0 aliphatic heterocycles. The summed E-state index contributed by atoms with van der Waals surface area (Å²) in [5.74, 6) is -0.104. The smallest absolute Gasteiger partial charge is 0.225 e. The van der Waals surface area contributed by atoms with Gasteiger partial charge in [-0.15, -0.1) is 0 Å². The summed E-state index contributed by atoms with van der Waals surface area (Å²) in [6, 6.07) is 9.99. The van der Waals surface area contributed by atoms with E-state index in [1.165, 1.54) is 18.4 Å². The molecule has 0 radical (unpaired) electrons. The maximum absolute atomic E-state index is 11.4. The first-order valence-corrected chi connectivity index (χ1v) is 5.97. The molecule has 90 valence electrons. The van der Waals surface area contributed by atoms with Crippen LogP contribution in [0, 0.1) is 11.3 Å². The third-order valence-electron chi connectivity index (χ3n) is 2.57. The third-order valence-corrected chi connectivity index (χ3v) is 2.57. The van der Waals surface area contributed by atoms with Gasteiger partial charge in [-0.25, -0.2) is 0 Å². The molecule has 0 aromatic heterocycles. The Morgan fingerprint density at radius 2 is 1.94 bits per heavy atom. The molecule has 0 heterocycles. The summed E-state index contributed by atoms with van der Waals surface area (Å²) >= 11 is 0. The number of hydrogen-bond donors (Lipinski definition) is 1. The van der Waals surface area contributed by atoms with Gasteiger partial charge in [0.1, 0.15) is 6.54 Å². The topological polar surface area (TPSA) is 52.9 Å². The summed E-state index contributed by atoms with van der Waals surface area (Å²) in [6.07, 6.45) is 3.83. The maximum Gasteiger partial charge on any atom is 0.225 e. The van der Waals surface area contributed by atoms with E-state index < -0.39 is 0 Å². The van der Waals surface area contributed by atoms with E-state index in [1.54, 1.807) is 0 Å². The summed E-state index contributed by atoms with van der Waals surface area (Å²) in [4.78, 5) is 11.4. The van der Waals surface area contributed by atoms with Crippen molar-refractivity contribution in [2.24, 2.45) is 0 Å². The van der Waals surface area contributed by atoms with E-state index in [2.05, 4.69) is 24.4 Å². The second kappa shape index (κ2) is 7.45. The average Bonchev–Trinajstić information content (AvgIpc) is 2.35. The van der Waals surface area contributed by atoms with Crippen molar-refractivity contribution in [3.05, 3.63) is 35.4 Å². The van der Waals surface area contributed by atoms with Crippen LogP contribution in [-0.4, -0.2) is 12.5 Å². The van der Waals surface area contributed by atoms with Gasteiger partial charge in [-0.05, 0) is 24.0 Å². The highest BCUT2D eigenvalue weighted by molar-refractivity contribution is 5.78. The van der Waals surface area contributed by atoms with E-state index in [0.29, 0.717) is 6.42 Å². The molecule has 0 saturated heterocycles. The number of nitrogens with one attached hydrogen (secondary N) is 1. The largest absolute Gasteiger partial charge is 0.343 e. The predicted octanol–water partition coefficient (Wildman–Crippen LogP) is 2.21. The number of aryl methyl sites for hydroxylation is 1. The van der Waals surface area contributed by atoms with Crippen LogP contribution in [0.5, 0.6) is 0 Å². The quantitative estimate of drug-likeness (QED) is 0.762. The summed E-state index contributed by atoms with van der Waals surface area (Å²) in [5, 5.41) is 10.9. The van der Waals surface area contributed by atoms with Gasteiger partial charge in [0, 0.05) is 0 Å². The standard InChI is InChI=1S/C14H18N2O/c1-2-3-4-12-5-7-13(8-6-12)11-14(17)16-10-9-15/h5-8H,2-4,10-11H2,1H3,(H,16,17). The van der Waals surface area contributed by atoms with Crippen molar-refractivity contribution in [3.63, 3.8) is 0 Å². The van der Waals surface area contributed by atoms with E-state index >= 15 is 0 Å². The molecule has 17 heavy (non-hydrogen) atoms. The molecule has 1 N–H and O–H groups in total. The van der Waals surface area contributed by atoms with Crippen molar-refractivity contribution in [2.45, 2.75) is 32.6 Å². The molecule has 1 aromatic rings.